The third-order valence-electron chi connectivity index (χ3n) is 3.74. The van der Waals surface area contributed by atoms with Gasteiger partial charge in [-0.05, 0) is 43.4 Å². The van der Waals surface area contributed by atoms with E-state index in [0.29, 0.717) is 17.4 Å². The van der Waals surface area contributed by atoms with Gasteiger partial charge in [0.05, 0.1) is 0 Å². The van der Waals surface area contributed by atoms with Gasteiger partial charge in [-0.3, -0.25) is 4.79 Å². The van der Waals surface area contributed by atoms with Crippen LogP contribution < -0.4 is 5.32 Å². The van der Waals surface area contributed by atoms with E-state index in [2.05, 4.69) is 5.32 Å². The van der Waals surface area contributed by atoms with Gasteiger partial charge >= 0.3 is 0 Å². The summed E-state index contributed by atoms with van der Waals surface area (Å²) in [6, 6.07) is 5.61. The molecule has 1 saturated carbocycles. The van der Waals surface area contributed by atoms with Gasteiger partial charge in [-0.25, -0.2) is 0 Å². The van der Waals surface area contributed by atoms with E-state index in [-0.39, 0.29) is 5.91 Å². The highest BCUT2D eigenvalue weighted by Crippen LogP contribution is 2.27. The number of carbonyl (C=O) groups is 1. The smallest absolute Gasteiger partial charge is 0.224 e. The third kappa shape index (κ3) is 3.49. The number of carbonyl (C=O) groups excluding carboxylic acids is 1. The Bertz CT molecular complexity index is 425. The summed E-state index contributed by atoms with van der Waals surface area (Å²) in [5, 5.41) is 3.67. The zero-order chi connectivity index (χ0) is 13.0. The Morgan fingerprint density at radius 3 is 2.78 bits per heavy atom. The first-order valence-corrected chi connectivity index (χ1v) is 7.09. The number of hydrogen-bond acceptors (Lipinski definition) is 1. The molecule has 0 radical (unpaired) electrons. The molecule has 1 aromatic rings. The van der Waals surface area contributed by atoms with Crippen molar-refractivity contribution in [3.63, 3.8) is 0 Å². The lowest BCUT2D eigenvalue weighted by Crippen LogP contribution is -2.18. The van der Waals surface area contributed by atoms with Gasteiger partial charge in [0.1, 0.15) is 0 Å². The van der Waals surface area contributed by atoms with Gasteiger partial charge in [0, 0.05) is 17.1 Å². The van der Waals surface area contributed by atoms with Crippen molar-refractivity contribution in [2.75, 3.05) is 5.32 Å². The van der Waals surface area contributed by atoms with E-state index in [9.17, 15) is 4.79 Å². The summed E-state index contributed by atoms with van der Waals surface area (Å²) in [5.41, 5.74) is 1.78. The molecule has 1 N–H and O–H groups in total. The maximum atomic E-state index is 12.0. The van der Waals surface area contributed by atoms with Crippen LogP contribution in [0.15, 0.2) is 18.2 Å². The largest absolute Gasteiger partial charge is 0.326 e. The molecular weight excluding hydrogens is 246 g/mol. The molecule has 1 amide bonds. The van der Waals surface area contributed by atoms with Crippen LogP contribution in [0.25, 0.3) is 0 Å². The van der Waals surface area contributed by atoms with Gasteiger partial charge in [0.2, 0.25) is 5.91 Å². The van der Waals surface area contributed by atoms with Gasteiger partial charge in [0.15, 0.2) is 0 Å². The Hall–Kier alpha value is -1.02. The van der Waals surface area contributed by atoms with Gasteiger partial charge in [0.25, 0.3) is 0 Å². The van der Waals surface area contributed by atoms with Gasteiger partial charge in [-0.15, -0.1) is 0 Å². The maximum Gasteiger partial charge on any atom is 0.224 e. The average Bonchev–Trinajstić information content (AvgIpc) is 2.36. The number of amides is 1. The van der Waals surface area contributed by atoms with E-state index in [1.807, 2.05) is 25.1 Å². The first kappa shape index (κ1) is 13.4. The molecule has 2 rings (SSSR count). The van der Waals surface area contributed by atoms with Crippen LogP contribution in [0, 0.1) is 12.8 Å². The Labute approximate surface area is 114 Å². The molecule has 1 aliphatic rings. The summed E-state index contributed by atoms with van der Waals surface area (Å²) >= 11 is 6.04. The zero-order valence-corrected chi connectivity index (χ0v) is 11.6. The average molecular weight is 266 g/mol. The van der Waals surface area contributed by atoms with Crippen LogP contribution in [0.4, 0.5) is 5.69 Å². The number of hydrogen-bond donors (Lipinski definition) is 1. The Morgan fingerprint density at radius 1 is 1.33 bits per heavy atom. The van der Waals surface area contributed by atoms with Crippen molar-refractivity contribution in [1.29, 1.82) is 0 Å². The molecule has 0 atom stereocenters. The molecule has 0 saturated heterocycles. The van der Waals surface area contributed by atoms with Gasteiger partial charge in [-0.1, -0.05) is 36.9 Å². The molecule has 0 heterocycles. The number of anilines is 1. The Morgan fingerprint density at radius 2 is 2.06 bits per heavy atom. The second-order valence-electron chi connectivity index (χ2n) is 5.17. The summed E-state index contributed by atoms with van der Waals surface area (Å²) < 4.78 is 0. The van der Waals surface area contributed by atoms with Crippen molar-refractivity contribution in [1.82, 2.24) is 0 Å². The van der Waals surface area contributed by atoms with Crippen LogP contribution in [-0.2, 0) is 4.79 Å². The van der Waals surface area contributed by atoms with Crippen LogP contribution in [0.2, 0.25) is 5.02 Å². The zero-order valence-electron chi connectivity index (χ0n) is 10.8. The second kappa shape index (κ2) is 6.24. The highest BCUT2D eigenvalue weighted by molar-refractivity contribution is 6.31. The van der Waals surface area contributed by atoms with Gasteiger partial charge < -0.3 is 5.32 Å². The fraction of sp³-hybridized carbons (Fsp3) is 0.533. The standard InChI is InChI=1S/C15H20ClNO/c1-11-13(16)8-5-9-14(11)17-15(18)10-12-6-3-2-4-7-12/h5,8-9,12H,2-4,6-7,10H2,1H3,(H,17,18). The van der Waals surface area contributed by atoms with E-state index >= 15 is 0 Å². The lowest BCUT2D eigenvalue weighted by Gasteiger charge is -2.21. The molecule has 2 nitrogen and oxygen atoms in total. The third-order valence-corrected chi connectivity index (χ3v) is 4.15. The topological polar surface area (TPSA) is 29.1 Å². The highest BCUT2D eigenvalue weighted by Gasteiger charge is 2.17. The molecule has 0 aromatic heterocycles. The summed E-state index contributed by atoms with van der Waals surface area (Å²) in [7, 11) is 0. The van der Waals surface area contributed by atoms with Crippen LogP contribution in [-0.4, -0.2) is 5.91 Å². The highest BCUT2D eigenvalue weighted by atomic mass is 35.5. The molecule has 98 valence electrons. The SMILES string of the molecule is Cc1c(Cl)cccc1NC(=O)CC1CCCCC1. The lowest BCUT2D eigenvalue weighted by molar-refractivity contribution is -0.117. The molecule has 0 unspecified atom stereocenters. The lowest BCUT2D eigenvalue weighted by atomic mass is 9.87. The van der Waals surface area contributed by atoms with E-state index in [0.717, 1.165) is 11.3 Å². The molecule has 1 aliphatic carbocycles. The van der Waals surface area contributed by atoms with Crippen LogP contribution in [0.5, 0.6) is 0 Å². The van der Waals surface area contributed by atoms with E-state index in [4.69, 9.17) is 11.6 Å². The molecule has 3 heteroatoms. The molecule has 0 bridgehead atoms. The molecule has 0 aliphatic heterocycles. The van der Waals surface area contributed by atoms with Crippen LogP contribution >= 0.6 is 11.6 Å². The fourth-order valence-corrected chi connectivity index (χ4v) is 2.77. The normalized spacial score (nSPS) is 16.6. The summed E-state index contributed by atoms with van der Waals surface area (Å²) in [6.45, 7) is 1.93. The molecular formula is C15H20ClNO. The number of halogens is 1. The Kier molecular flexibility index (Phi) is 4.65. The van der Waals surface area contributed by atoms with Crippen LogP contribution in [0.1, 0.15) is 44.1 Å². The monoisotopic (exact) mass is 265 g/mol. The van der Waals surface area contributed by atoms with Crippen LogP contribution in [0.3, 0.4) is 0 Å². The van der Waals surface area contributed by atoms with Crippen molar-refractivity contribution in [3.05, 3.63) is 28.8 Å². The first-order chi connectivity index (χ1) is 8.66. The minimum absolute atomic E-state index is 0.118. The quantitative estimate of drug-likeness (QED) is 0.853. The second-order valence-corrected chi connectivity index (χ2v) is 5.58. The summed E-state index contributed by atoms with van der Waals surface area (Å²) in [6.07, 6.45) is 6.91. The summed E-state index contributed by atoms with van der Waals surface area (Å²) in [4.78, 5) is 12.0. The predicted octanol–water partition coefficient (Wildman–Crippen LogP) is 4.56. The van der Waals surface area contributed by atoms with Crippen molar-refractivity contribution in [2.24, 2.45) is 5.92 Å². The van der Waals surface area contributed by atoms with E-state index in [1.165, 1.54) is 32.1 Å². The van der Waals surface area contributed by atoms with E-state index < -0.39 is 0 Å². The molecule has 18 heavy (non-hydrogen) atoms. The fourth-order valence-electron chi connectivity index (χ4n) is 2.60. The molecule has 1 fully saturated rings. The first-order valence-electron chi connectivity index (χ1n) is 6.72. The number of benzene rings is 1. The van der Waals surface area contributed by atoms with Crippen molar-refractivity contribution >= 4 is 23.2 Å². The maximum absolute atomic E-state index is 12.0. The minimum Gasteiger partial charge on any atom is -0.326 e. The van der Waals surface area contributed by atoms with E-state index in [1.54, 1.807) is 0 Å². The minimum atomic E-state index is 0.118. The molecule has 1 aromatic carbocycles. The van der Waals surface area contributed by atoms with Crippen molar-refractivity contribution in [3.8, 4) is 0 Å². The van der Waals surface area contributed by atoms with Gasteiger partial charge in [-0.2, -0.15) is 0 Å². The Balaban J connectivity index is 1.92. The molecule has 0 spiro atoms. The van der Waals surface area contributed by atoms with Crippen molar-refractivity contribution < 1.29 is 4.79 Å². The predicted molar refractivity (Wildman–Crippen MR) is 76.0 cm³/mol. The summed E-state index contributed by atoms with van der Waals surface area (Å²) in [5.74, 6) is 0.686. The number of nitrogens with one attached hydrogen (secondary N) is 1. The van der Waals surface area contributed by atoms with Crippen molar-refractivity contribution in [2.45, 2.75) is 45.4 Å². The number of rotatable bonds is 3.